The molecular formula is C82H155NO10. The van der Waals surface area contributed by atoms with Crippen LogP contribution in [0.15, 0.2) is 36.5 Å². The van der Waals surface area contributed by atoms with Crippen LogP contribution in [0.5, 0.6) is 0 Å². The molecule has 1 saturated heterocycles. The fourth-order valence-electron chi connectivity index (χ4n) is 13.1. The molecule has 548 valence electrons. The summed E-state index contributed by atoms with van der Waals surface area (Å²) >= 11 is 0. The lowest BCUT2D eigenvalue weighted by Gasteiger charge is -2.41. The van der Waals surface area contributed by atoms with Crippen LogP contribution in [0.4, 0.5) is 0 Å². The molecule has 1 heterocycles. The molecule has 0 spiro atoms. The highest BCUT2D eigenvalue weighted by Gasteiger charge is 2.47. The minimum atomic E-state index is -1.61. The molecule has 8 unspecified atom stereocenters. The number of esters is 1. The summed E-state index contributed by atoms with van der Waals surface area (Å²) in [4.78, 5) is 26.8. The van der Waals surface area contributed by atoms with E-state index in [1.807, 2.05) is 6.08 Å². The number of nitrogens with one attached hydrogen (secondary N) is 1. The zero-order valence-electron chi connectivity index (χ0n) is 61.4. The Hall–Kier alpha value is -2.12. The molecule has 6 N–H and O–H groups in total. The average molecular weight is 1320 g/mol. The van der Waals surface area contributed by atoms with Crippen molar-refractivity contribution in [1.29, 1.82) is 0 Å². The van der Waals surface area contributed by atoms with Crippen molar-refractivity contribution in [3.05, 3.63) is 36.5 Å². The highest BCUT2D eigenvalue weighted by molar-refractivity contribution is 5.80. The summed E-state index contributed by atoms with van der Waals surface area (Å²) in [5.41, 5.74) is 0. The smallest absolute Gasteiger partial charge is 0.306 e. The molecule has 0 aromatic carbocycles. The summed E-state index contributed by atoms with van der Waals surface area (Å²) < 4.78 is 17.8. The number of aliphatic hydroxyl groups is 5. The van der Waals surface area contributed by atoms with Crippen molar-refractivity contribution < 1.29 is 49.3 Å². The van der Waals surface area contributed by atoms with Crippen LogP contribution in [-0.4, -0.2) is 99.6 Å². The molecule has 1 rings (SSSR count). The molecule has 0 aromatic heterocycles. The molecule has 0 aromatic rings. The van der Waals surface area contributed by atoms with Crippen LogP contribution >= 0.6 is 0 Å². The van der Waals surface area contributed by atoms with E-state index >= 15 is 0 Å². The maximum atomic E-state index is 13.5. The van der Waals surface area contributed by atoms with Gasteiger partial charge in [-0.2, -0.15) is 0 Å². The van der Waals surface area contributed by atoms with Gasteiger partial charge in [0.1, 0.15) is 24.4 Å². The highest BCUT2D eigenvalue weighted by Crippen LogP contribution is 2.27. The van der Waals surface area contributed by atoms with Gasteiger partial charge in [0.05, 0.1) is 25.4 Å². The molecule has 0 aliphatic carbocycles. The largest absolute Gasteiger partial charge is 0.454 e. The van der Waals surface area contributed by atoms with Crippen LogP contribution in [0.3, 0.4) is 0 Å². The van der Waals surface area contributed by atoms with Gasteiger partial charge in [-0.15, -0.1) is 0 Å². The van der Waals surface area contributed by atoms with Crippen molar-refractivity contribution in [1.82, 2.24) is 5.32 Å². The first-order valence-corrected chi connectivity index (χ1v) is 40.8. The third kappa shape index (κ3) is 56.5. The van der Waals surface area contributed by atoms with Gasteiger partial charge in [0.25, 0.3) is 0 Å². The van der Waals surface area contributed by atoms with Crippen molar-refractivity contribution in [3.8, 4) is 0 Å². The van der Waals surface area contributed by atoms with Crippen LogP contribution in [0, 0.1) is 0 Å². The summed E-state index contributed by atoms with van der Waals surface area (Å²) in [5, 5.41) is 57.5. The van der Waals surface area contributed by atoms with Gasteiger partial charge in [-0.1, -0.05) is 365 Å². The van der Waals surface area contributed by atoms with E-state index in [9.17, 15) is 35.1 Å². The number of unbranched alkanes of at least 4 members (excludes halogenated alkanes) is 54. The van der Waals surface area contributed by atoms with Crippen LogP contribution < -0.4 is 5.32 Å². The molecule has 1 fully saturated rings. The number of rotatable bonds is 72. The SMILES string of the molecule is CCCCCCCC/C=C/CCCCCCCCCCCCCCCCCCCC(=O)OC1C(OCC(NC(=O)C(O)CCCCCCCCCCCCCCCC/C=C/CCCCCCCC)C(O)/C=C/CCCCCCCCCCCCC)OC(CO)C(O)C1O. The Morgan fingerprint density at radius 1 is 0.409 bits per heavy atom. The fourth-order valence-corrected chi connectivity index (χ4v) is 13.1. The van der Waals surface area contributed by atoms with Crippen molar-refractivity contribution >= 4 is 11.9 Å². The molecule has 93 heavy (non-hydrogen) atoms. The number of hydrogen-bond acceptors (Lipinski definition) is 10. The maximum absolute atomic E-state index is 13.5. The lowest BCUT2D eigenvalue weighted by atomic mass is 9.99. The summed E-state index contributed by atoms with van der Waals surface area (Å²) in [7, 11) is 0. The minimum absolute atomic E-state index is 0.129. The van der Waals surface area contributed by atoms with Gasteiger partial charge >= 0.3 is 5.97 Å². The number of hydrogen-bond donors (Lipinski definition) is 6. The number of amides is 1. The summed E-state index contributed by atoms with van der Waals surface area (Å²) in [5.74, 6) is -1.17. The Bertz CT molecular complexity index is 1660. The standard InChI is InChI=1S/C82H155NO10/c1-4-7-10-13-16-19-22-25-27-29-31-33-35-37-38-39-41-43-45-47-49-52-55-58-61-64-67-70-77(87)93-80-79(89)78(88)76(71-84)92-82(80)91-72-73(74(85)68-65-62-59-56-53-50-24-21-18-15-12-9-6-3)83-81(90)75(86)69-66-63-60-57-54-51-48-46-44-42-40-36-34-32-30-28-26-23-20-17-14-11-8-5-2/h25-28,65,68,73-76,78-80,82,84-86,88-89H,4-24,29-64,66-67,69-72H2,1-3H3,(H,83,90)/b27-25+,28-26+,68-65+. The van der Waals surface area contributed by atoms with E-state index < -0.39 is 67.4 Å². The maximum Gasteiger partial charge on any atom is 0.306 e. The highest BCUT2D eigenvalue weighted by atomic mass is 16.7. The summed E-state index contributed by atoms with van der Waals surface area (Å²) in [6, 6.07) is -1.02. The van der Waals surface area contributed by atoms with E-state index in [0.717, 1.165) is 57.8 Å². The molecule has 0 radical (unpaired) electrons. The second-order valence-electron chi connectivity index (χ2n) is 28.5. The zero-order valence-corrected chi connectivity index (χ0v) is 61.4. The molecule has 11 nitrogen and oxygen atoms in total. The molecule has 1 aliphatic rings. The number of aliphatic hydroxyl groups excluding tert-OH is 5. The Morgan fingerprint density at radius 2 is 0.710 bits per heavy atom. The number of carbonyl (C=O) groups is 2. The summed E-state index contributed by atoms with van der Waals surface area (Å²) in [6.45, 7) is 5.86. The van der Waals surface area contributed by atoms with Gasteiger partial charge < -0.3 is 45.1 Å². The van der Waals surface area contributed by atoms with Crippen molar-refractivity contribution in [3.63, 3.8) is 0 Å². The van der Waals surface area contributed by atoms with Crippen molar-refractivity contribution in [2.24, 2.45) is 0 Å². The number of allylic oxidation sites excluding steroid dienone is 5. The molecule has 0 bridgehead atoms. The first-order chi connectivity index (χ1) is 45.7. The normalized spacial score (nSPS) is 18.0. The fraction of sp³-hybridized carbons (Fsp3) is 0.902. The average Bonchev–Trinajstić information content (AvgIpc) is 0.844. The lowest BCUT2D eigenvalue weighted by Crippen LogP contribution is -2.61. The van der Waals surface area contributed by atoms with Gasteiger partial charge in [0.15, 0.2) is 12.4 Å². The summed E-state index contributed by atoms with van der Waals surface area (Å²) in [6.07, 6.45) is 77.8. The van der Waals surface area contributed by atoms with Crippen LogP contribution in [0.25, 0.3) is 0 Å². The van der Waals surface area contributed by atoms with E-state index in [0.29, 0.717) is 19.3 Å². The van der Waals surface area contributed by atoms with Gasteiger partial charge in [-0.05, 0) is 77.0 Å². The van der Waals surface area contributed by atoms with Crippen LogP contribution in [0.2, 0.25) is 0 Å². The Morgan fingerprint density at radius 3 is 1.04 bits per heavy atom. The number of ether oxygens (including phenoxy) is 3. The molecule has 1 aliphatic heterocycles. The molecule has 1 amide bonds. The second-order valence-corrected chi connectivity index (χ2v) is 28.5. The topological polar surface area (TPSA) is 175 Å². The Labute approximate surface area is 574 Å². The van der Waals surface area contributed by atoms with Gasteiger partial charge in [-0.3, -0.25) is 9.59 Å². The van der Waals surface area contributed by atoms with Gasteiger partial charge in [0.2, 0.25) is 5.91 Å². The first kappa shape index (κ1) is 88.9. The van der Waals surface area contributed by atoms with Crippen LogP contribution in [-0.2, 0) is 23.8 Å². The monoisotopic (exact) mass is 1310 g/mol. The van der Waals surface area contributed by atoms with Crippen molar-refractivity contribution in [2.45, 2.75) is 461 Å². The molecule has 11 heteroatoms. The Balaban J connectivity index is 2.48. The van der Waals surface area contributed by atoms with E-state index in [4.69, 9.17) is 14.2 Å². The minimum Gasteiger partial charge on any atom is -0.454 e. The van der Waals surface area contributed by atoms with Crippen molar-refractivity contribution in [2.75, 3.05) is 13.2 Å². The van der Waals surface area contributed by atoms with E-state index in [-0.39, 0.29) is 13.0 Å². The molecule has 0 saturated carbocycles. The molecular weight excluding hydrogens is 1160 g/mol. The predicted octanol–water partition coefficient (Wildman–Crippen LogP) is 22.1. The number of carbonyl (C=O) groups excluding carboxylic acids is 2. The third-order valence-corrected chi connectivity index (χ3v) is 19.5. The van der Waals surface area contributed by atoms with E-state index in [2.05, 4.69) is 50.4 Å². The lowest BCUT2D eigenvalue weighted by molar-refractivity contribution is -0.305. The predicted molar refractivity (Wildman–Crippen MR) is 394 cm³/mol. The van der Waals surface area contributed by atoms with Gasteiger partial charge in [0, 0.05) is 6.42 Å². The second kappa shape index (κ2) is 69.8. The molecule has 8 atom stereocenters. The van der Waals surface area contributed by atoms with Gasteiger partial charge in [-0.25, -0.2) is 0 Å². The van der Waals surface area contributed by atoms with Crippen LogP contribution in [0.1, 0.15) is 412 Å². The zero-order chi connectivity index (χ0) is 67.4. The third-order valence-electron chi connectivity index (χ3n) is 19.5. The van der Waals surface area contributed by atoms with E-state index in [1.54, 1.807) is 6.08 Å². The first-order valence-electron chi connectivity index (χ1n) is 40.8. The quantitative estimate of drug-likeness (QED) is 0.0195. The Kier molecular flexibility index (Phi) is 66.7. The van der Waals surface area contributed by atoms with E-state index in [1.165, 1.54) is 308 Å².